The van der Waals surface area contributed by atoms with Crippen LogP contribution < -0.4 is 14.2 Å². The number of carboxylic acids is 1. The Balaban J connectivity index is 0.00000151. The maximum atomic E-state index is 10.6. The number of rotatable bonds is 9. The molecule has 6 nitrogen and oxygen atoms in total. The molecule has 0 saturated carbocycles. The van der Waals surface area contributed by atoms with Gasteiger partial charge in [0.2, 0.25) is 0 Å². The summed E-state index contributed by atoms with van der Waals surface area (Å²) in [5, 5.41) is 15.7. The molecule has 136 valence electrons. The van der Waals surface area contributed by atoms with Crippen LogP contribution in [0.15, 0.2) is 48.5 Å². The molecule has 0 aliphatic carbocycles. The number of hydrogen-bond donors (Lipinski definition) is 2. The van der Waals surface area contributed by atoms with Crippen molar-refractivity contribution in [3.8, 4) is 17.2 Å². The van der Waals surface area contributed by atoms with Gasteiger partial charge in [-0.05, 0) is 36.2 Å². The van der Waals surface area contributed by atoms with Crippen molar-refractivity contribution in [3.05, 3.63) is 54.1 Å². The van der Waals surface area contributed by atoms with E-state index in [-0.39, 0.29) is 6.42 Å². The fourth-order valence-electron chi connectivity index (χ4n) is 2.05. The number of carboxylic acid groups (broad SMARTS) is 1. The molecule has 2 N–H and O–H groups in total. The molecule has 0 aromatic heterocycles. The predicted molar refractivity (Wildman–Crippen MR) is 94.5 cm³/mol. The average molecular weight is 348 g/mol. The normalized spacial score (nSPS) is 9.56. The van der Waals surface area contributed by atoms with Crippen molar-refractivity contribution in [2.45, 2.75) is 12.8 Å². The fraction of sp³-hybridized carbons (Fsp3) is 0.316. The van der Waals surface area contributed by atoms with Gasteiger partial charge >= 0.3 is 5.97 Å². The van der Waals surface area contributed by atoms with Gasteiger partial charge in [0.05, 0.1) is 7.11 Å². The summed E-state index contributed by atoms with van der Waals surface area (Å²) < 4.78 is 16.4. The van der Waals surface area contributed by atoms with Crippen LogP contribution in [-0.4, -0.2) is 43.6 Å². The van der Waals surface area contributed by atoms with Gasteiger partial charge in [0, 0.05) is 19.6 Å². The number of aliphatic carboxylic acids is 1. The number of aryl methyl sites for hydroxylation is 1. The van der Waals surface area contributed by atoms with E-state index in [1.54, 1.807) is 7.11 Å². The summed E-state index contributed by atoms with van der Waals surface area (Å²) in [7, 11) is 2.61. The molecule has 0 saturated heterocycles. The van der Waals surface area contributed by atoms with Crippen LogP contribution in [0.25, 0.3) is 0 Å². The summed E-state index contributed by atoms with van der Waals surface area (Å²) in [5.74, 6) is 1.38. The van der Waals surface area contributed by atoms with E-state index in [4.69, 9.17) is 24.4 Å². The van der Waals surface area contributed by atoms with E-state index < -0.39 is 5.97 Å². The van der Waals surface area contributed by atoms with E-state index in [9.17, 15) is 4.79 Å². The molecular weight excluding hydrogens is 324 g/mol. The Labute approximate surface area is 147 Å². The van der Waals surface area contributed by atoms with Crippen LogP contribution in [0.1, 0.15) is 12.0 Å². The van der Waals surface area contributed by atoms with Gasteiger partial charge in [-0.25, -0.2) is 0 Å². The highest BCUT2D eigenvalue weighted by atomic mass is 16.5. The molecule has 2 rings (SSSR count). The third-order valence-corrected chi connectivity index (χ3v) is 3.19. The SMILES string of the molecule is CO.COc1cccc(OCCOc2cccc(CCC(=O)O)c2)c1. The van der Waals surface area contributed by atoms with E-state index in [1.807, 2.05) is 48.5 Å². The number of hydrogen-bond acceptors (Lipinski definition) is 5. The molecular formula is C19H24O6. The van der Waals surface area contributed by atoms with Gasteiger partial charge in [-0.2, -0.15) is 0 Å². The van der Waals surface area contributed by atoms with Crippen LogP contribution in [0.5, 0.6) is 17.2 Å². The smallest absolute Gasteiger partial charge is 0.303 e. The molecule has 0 heterocycles. The topological polar surface area (TPSA) is 85.2 Å². The number of aliphatic hydroxyl groups is 1. The summed E-state index contributed by atoms with van der Waals surface area (Å²) in [6, 6.07) is 14.8. The Morgan fingerprint density at radius 1 is 0.920 bits per heavy atom. The lowest BCUT2D eigenvalue weighted by molar-refractivity contribution is -0.136. The highest BCUT2D eigenvalue weighted by Crippen LogP contribution is 2.19. The van der Waals surface area contributed by atoms with Crippen LogP contribution in [0.3, 0.4) is 0 Å². The first-order valence-electron chi connectivity index (χ1n) is 7.82. The second-order valence-electron chi connectivity index (χ2n) is 4.92. The molecule has 0 aliphatic heterocycles. The third kappa shape index (κ3) is 8.08. The molecule has 0 atom stereocenters. The Morgan fingerprint density at radius 2 is 1.48 bits per heavy atom. The Hall–Kier alpha value is -2.73. The summed E-state index contributed by atoms with van der Waals surface area (Å²) in [5.41, 5.74) is 0.943. The second kappa shape index (κ2) is 11.8. The fourth-order valence-corrected chi connectivity index (χ4v) is 2.05. The van der Waals surface area contributed by atoms with Crippen molar-refractivity contribution >= 4 is 5.97 Å². The molecule has 0 bridgehead atoms. The molecule has 0 fully saturated rings. The zero-order chi connectivity index (χ0) is 18.5. The summed E-state index contributed by atoms with van der Waals surface area (Å²) in [6.45, 7) is 0.812. The second-order valence-corrected chi connectivity index (χ2v) is 4.92. The van der Waals surface area contributed by atoms with E-state index in [2.05, 4.69) is 0 Å². The van der Waals surface area contributed by atoms with Gasteiger partial charge in [0.15, 0.2) is 0 Å². The molecule has 0 amide bonds. The summed E-state index contributed by atoms with van der Waals surface area (Å²) in [6.07, 6.45) is 0.606. The van der Waals surface area contributed by atoms with Crippen molar-refractivity contribution in [3.63, 3.8) is 0 Å². The lowest BCUT2D eigenvalue weighted by Crippen LogP contribution is -2.09. The molecule has 6 heteroatoms. The van der Waals surface area contributed by atoms with Crippen molar-refractivity contribution in [1.82, 2.24) is 0 Å². The van der Waals surface area contributed by atoms with Crippen LogP contribution in [0.2, 0.25) is 0 Å². The third-order valence-electron chi connectivity index (χ3n) is 3.19. The predicted octanol–water partition coefficient (Wildman–Crippen LogP) is 2.78. The highest BCUT2D eigenvalue weighted by Gasteiger charge is 2.02. The maximum Gasteiger partial charge on any atom is 0.303 e. The first-order chi connectivity index (χ1) is 12.2. The van der Waals surface area contributed by atoms with Gasteiger partial charge in [0.1, 0.15) is 30.5 Å². The molecule has 2 aromatic carbocycles. The molecule has 25 heavy (non-hydrogen) atoms. The van der Waals surface area contributed by atoms with Crippen LogP contribution in [0, 0.1) is 0 Å². The van der Waals surface area contributed by atoms with Gasteiger partial charge in [-0.1, -0.05) is 18.2 Å². The largest absolute Gasteiger partial charge is 0.497 e. The van der Waals surface area contributed by atoms with E-state index >= 15 is 0 Å². The molecule has 0 unspecified atom stereocenters. The van der Waals surface area contributed by atoms with E-state index in [0.29, 0.717) is 25.4 Å². The zero-order valence-electron chi connectivity index (χ0n) is 14.5. The number of carbonyl (C=O) groups is 1. The van der Waals surface area contributed by atoms with Crippen molar-refractivity contribution < 1.29 is 29.2 Å². The van der Waals surface area contributed by atoms with Crippen molar-refractivity contribution in [2.75, 3.05) is 27.4 Å². The minimum absolute atomic E-state index is 0.113. The quantitative estimate of drug-likeness (QED) is 0.678. The molecule has 0 radical (unpaired) electrons. The van der Waals surface area contributed by atoms with Crippen molar-refractivity contribution in [2.24, 2.45) is 0 Å². The minimum Gasteiger partial charge on any atom is -0.497 e. The average Bonchev–Trinajstić information content (AvgIpc) is 2.66. The minimum atomic E-state index is -0.803. The van der Waals surface area contributed by atoms with Crippen LogP contribution in [0.4, 0.5) is 0 Å². The standard InChI is InChI=1S/C18H20O5.CH4O/c1-21-15-5-3-7-17(13-15)23-11-10-22-16-6-2-4-14(12-16)8-9-18(19)20;1-2/h2-7,12-13H,8-11H2,1H3,(H,19,20);2H,1H3. The summed E-state index contributed by atoms with van der Waals surface area (Å²) in [4.78, 5) is 10.6. The molecule has 0 aliphatic rings. The highest BCUT2D eigenvalue weighted by molar-refractivity contribution is 5.67. The first kappa shape index (κ1) is 20.3. The number of methoxy groups -OCH3 is 1. The number of benzene rings is 2. The number of ether oxygens (including phenoxy) is 3. The van der Waals surface area contributed by atoms with Crippen LogP contribution >= 0.6 is 0 Å². The molecule has 0 spiro atoms. The van der Waals surface area contributed by atoms with Gasteiger partial charge in [-0.15, -0.1) is 0 Å². The first-order valence-corrected chi connectivity index (χ1v) is 7.82. The Kier molecular flexibility index (Phi) is 9.55. The van der Waals surface area contributed by atoms with Gasteiger partial charge < -0.3 is 24.4 Å². The van der Waals surface area contributed by atoms with Gasteiger partial charge in [0.25, 0.3) is 0 Å². The Morgan fingerprint density at radius 3 is 2.08 bits per heavy atom. The van der Waals surface area contributed by atoms with E-state index in [1.165, 1.54) is 0 Å². The van der Waals surface area contributed by atoms with Crippen molar-refractivity contribution in [1.29, 1.82) is 0 Å². The van der Waals surface area contributed by atoms with Gasteiger partial charge in [-0.3, -0.25) is 4.79 Å². The maximum absolute atomic E-state index is 10.6. The Bertz CT molecular complexity index is 641. The molecule has 2 aromatic rings. The monoisotopic (exact) mass is 348 g/mol. The van der Waals surface area contributed by atoms with Crippen LogP contribution in [-0.2, 0) is 11.2 Å². The summed E-state index contributed by atoms with van der Waals surface area (Å²) >= 11 is 0. The van der Waals surface area contributed by atoms with E-state index in [0.717, 1.165) is 24.2 Å². The number of aliphatic hydroxyl groups excluding tert-OH is 1. The lowest BCUT2D eigenvalue weighted by Gasteiger charge is -2.10. The zero-order valence-corrected chi connectivity index (χ0v) is 14.5. The lowest BCUT2D eigenvalue weighted by atomic mass is 10.1.